The lowest BCUT2D eigenvalue weighted by Gasteiger charge is -2.26. The molecule has 1 aromatic carbocycles. The summed E-state index contributed by atoms with van der Waals surface area (Å²) in [5.41, 5.74) is 0.0974. The van der Waals surface area contributed by atoms with Crippen molar-refractivity contribution in [2.24, 2.45) is 5.92 Å². The lowest BCUT2D eigenvalue weighted by molar-refractivity contribution is -0.460. The van der Waals surface area contributed by atoms with Crippen LogP contribution in [0.2, 0.25) is 0 Å². The summed E-state index contributed by atoms with van der Waals surface area (Å²) in [4.78, 5) is 31.5. The molecule has 0 bridgehead atoms. The van der Waals surface area contributed by atoms with E-state index in [4.69, 9.17) is 4.52 Å². The number of aromatic nitrogens is 2. The van der Waals surface area contributed by atoms with Crippen molar-refractivity contribution >= 4 is 17.6 Å². The molecule has 33 heavy (non-hydrogen) atoms. The van der Waals surface area contributed by atoms with E-state index in [0.29, 0.717) is 24.2 Å². The number of carbonyl (C=O) groups is 2. The molecule has 2 heterocycles. The van der Waals surface area contributed by atoms with E-state index in [9.17, 15) is 22.8 Å². The Morgan fingerprint density at radius 2 is 1.88 bits per heavy atom. The summed E-state index contributed by atoms with van der Waals surface area (Å²) in [7, 11) is 0. The Morgan fingerprint density at radius 3 is 2.58 bits per heavy atom. The fourth-order valence-electron chi connectivity index (χ4n) is 3.78. The van der Waals surface area contributed by atoms with E-state index in [2.05, 4.69) is 10.1 Å². The van der Waals surface area contributed by atoms with Crippen LogP contribution < -0.4 is 0 Å². The Labute approximate surface area is 187 Å². The number of hydrogen-bond acceptors (Lipinski definition) is 5. The molecule has 1 atom stereocenters. The first-order valence-corrected chi connectivity index (χ1v) is 10.6. The van der Waals surface area contributed by atoms with Gasteiger partial charge < -0.3 is 4.52 Å². The average Bonchev–Trinajstić information content (AvgIpc) is 3.27. The van der Waals surface area contributed by atoms with Crippen LogP contribution >= 0.6 is 0 Å². The first-order chi connectivity index (χ1) is 15.8. The summed E-state index contributed by atoms with van der Waals surface area (Å²) >= 11 is 0. The van der Waals surface area contributed by atoms with Crippen molar-refractivity contribution < 1.29 is 31.9 Å². The van der Waals surface area contributed by atoms with Crippen molar-refractivity contribution in [1.82, 2.24) is 15.0 Å². The molecule has 2 aromatic rings. The molecule has 172 valence electrons. The minimum Gasteiger partial charge on any atom is -0.335 e. The standard InChI is InChI=1S/C23H22F3N4O3/c1-2-3-6-13-29-21(31)17-7-4-5-8-18(17)30(22(29)32)14-19-27-20(28-33-19)15-9-11-16(12-10-15)23(24,25)26/h4-5,7-12,17H,2-3,6,13-14H2,1H3/q+1. The van der Waals surface area contributed by atoms with Gasteiger partial charge in [0, 0.05) is 5.56 Å². The van der Waals surface area contributed by atoms with Gasteiger partial charge in [0.2, 0.25) is 5.82 Å². The summed E-state index contributed by atoms with van der Waals surface area (Å²) in [6.07, 6.45) is 5.08. The van der Waals surface area contributed by atoms with Gasteiger partial charge >= 0.3 is 18.1 Å². The Balaban J connectivity index is 1.59. The van der Waals surface area contributed by atoms with Crippen molar-refractivity contribution in [3.8, 4) is 11.4 Å². The molecule has 3 amide bonds. The second-order valence-electron chi connectivity index (χ2n) is 7.80. The van der Waals surface area contributed by atoms with E-state index in [0.717, 1.165) is 25.0 Å². The van der Waals surface area contributed by atoms with E-state index < -0.39 is 23.7 Å². The second kappa shape index (κ2) is 9.13. The molecule has 0 fully saturated rings. The van der Waals surface area contributed by atoms with Crippen LogP contribution in [0.3, 0.4) is 0 Å². The molecule has 7 nitrogen and oxygen atoms in total. The fourth-order valence-corrected chi connectivity index (χ4v) is 3.78. The van der Waals surface area contributed by atoms with Crippen LogP contribution in [0.4, 0.5) is 18.0 Å². The summed E-state index contributed by atoms with van der Waals surface area (Å²) in [5, 5.41) is 3.84. The van der Waals surface area contributed by atoms with E-state index in [-0.39, 0.29) is 24.2 Å². The molecular weight excluding hydrogens is 437 g/mol. The number of nitrogens with zero attached hydrogens (tertiary/aromatic N) is 4. The number of rotatable bonds is 7. The monoisotopic (exact) mass is 459 g/mol. The quantitative estimate of drug-likeness (QED) is 0.447. The predicted molar refractivity (Wildman–Crippen MR) is 112 cm³/mol. The molecule has 0 N–H and O–H groups in total. The molecule has 1 aliphatic carbocycles. The third-order valence-electron chi connectivity index (χ3n) is 5.52. The molecule has 0 spiro atoms. The molecular formula is C23H22F3N4O3+. The van der Waals surface area contributed by atoms with Gasteiger partial charge in [-0.15, -0.1) is 0 Å². The maximum Gasteiger partial charge on any atom is 0.501 e. The number of carbonyl (C=O) groups excluding carboxylic acids is 2. The topological polar surface area (TPSA) is 79.3 Å². The van der Waals surface area contributed by atoms with Crippen molar-refractivity contribution in [2.45, 2.75) is 38.9 Å². The highest BCUT2D eigenvalue weighted by Crippen LogP contribution is 2.30. The number of fused-ring (bicyclic) bond motifs is 1. The average molecular weight is 459 g/mol. The Hall–Kier alpha value is -3.56. The van der Waals surface area contributed by atoms with Crippen LogP contribution in [0.5, 0.6) is 0 Å². The lowest BCUT2D eigenvalue weighted by Crippen LogP contribution is -2.54. The van der Waals surface area contributed by atoms with Crippen LogP contribution in [0.25, 0.3) is 11.4 Å². The van der Waals surface area contributed by atoms with Crippen LogP contribution in [-0.4, -0.2) is 43.8 Å². The first-order valence-electron chi connectivity index (χ1n) is 10.6. The molecule has 0 saturated heterocycles. The molecule has 1 unspecified atom stereocenters. The number of hydrogen-bond donors (Lipinski definition) is 0. The minimum absolute atomic E-state index is 0.0615. The molecule has 4 rings (SSSR count). The maximum absolute atomic E-state index is 13.2. The van der Waals surface area contributed by atoms with E-state index in [1.54, 1.807) is 24.3 Å². The molecule has 0 saturated carbocycles. The number of amides is 3. The molecule has 0 radical (unpaired) electrons. The lowest BCUT2D eigenvalue weighted by atomic mass is 9.94. The number of benzene rings is 1. The van der Waals surface area contributed by atoms with Crippen molar-refractivity contribution in [2.75, 3.05) is 6.54 Å². The van der Waals surface area contributed by atoms with Gasteiger partial charge in [-0.1, -0.05) is 48.9 Å². The third-order valence-corrected chi connectivity index (χ3v) is 5.52. The SMILES string of the molecule is CCCCCN1C(=O)C2C=CC=CC2=[N+](Cc2nc(-c3ccc(C(F)(F)F)cc3)no2)C1=O. The second-order valence-corrected chi connectivity index (χ2v) is 7.80. The summed E-state index contributed by atoms with van der Waals surface area (Å²) in [6, 6.07) is 3.95. The molecule has 10 heteroatoms. The molecule has 1 aliphatic heterocycles. The predicted octanol–water partition coefficient (Wildman–Crippen LogP) is 4.60. The zero-order valence-electron chi connectivity index (χ0n) is 17.9. The van der Waals surface area contributed by atoms with Gasteiger partial charge in [0.05, 0.1) is 12.1 Å². The fraction of sp³-hybridized carbons (Fsp3) is 0.348. The molecule has 2 aliphatic rings. The Morgan fingerprint density at radius 1 is 1.12 bits per heavy atom. The van der Waals surface area contributed by atoms with Crippen LogP contribution in [0, 0.1) is 5.92 Å². The third kappa shape index (κ3) is 4.64. The maximum atomic E-state index is 13.2. The summed E-state index contributed by atoms with van der Waals surface area (Å²) in [5.74, 6) is -0.624. The minimum atomic E-state index is -4.44. The van der Waals surface area contributed by atoms with E-state index in [1.165, 1.54) is 21.6 Å². The number of allylic oxidation sites excluding steroid dienone is 3. The number of imide groups is 1. The van der Waals surface area contributed by atoms with Crippen LogP contribution in [0.15, 0.2) is 53.1 Å². The van der Waals surface area contributed by atoms with Crippen molar-refractivity contribution in [3.63, 3.8) is 0 Å². The Bertz CT molecular complexity index is 1150. The molecule has 1 aromatic heterocycles. The van der Waals surface area contributed by atoms with Crippen LogP contribution in [0.1, 0.15) is 37.6 Å². The van der Waals surface area contributed by atoms with E-state index >= 15 is 0 Å². The van der Waals surface area contributed by atoms with Gasteiger partial charge in [-0.25, -0.2) is 4.79 Å². The highest BCUT2D eigenvalue weighted by atomic mass is 19.4. The van der Waals surface area contributed by atoms with Crippen LogP contribution in [-0.2, 0) is 17.5 Å². The van der Waals surface area contributed by atoms with Crippen molar-refractivity contribution in [1.29, 1.82) is 0 Å². The van der Waals surface area contributed by atoms with Gasteiger partial charge in [0.1, 0.15) is 11.6 Å². The first kappa shape index (κ1) is 22.6. The highest BCUT2D eigenvalue weighted by molar-refractivity contribution is 6.16. The van der Waals surface area contributed by atoms with E-state index in [1.807, 2.05) is 6.92 Å². The highest BCUT2D eigenvalue weighted by Gasteiger charge is 2.46. The number of alkyl halides is 3. The Kier molecular flexibility index (Phi) is 6.26. The van der Waals surface area contributed by atoms with Gasteiger partial charge in [0.25, 0.3) is 5.89 Å². The van der Waals surface area contributed by atoms with Gasteiger partial charge in [0.15, 0.2) is 6.54 Å². The zero-order valence-corrected chi connectivity index (χ0v) is 17.9. The normalized spacial score (nSPS) is 18.3. The summed E-state index contributed by atoms with van der Waals surface area (Å²) < 4.78 is 45.1. The number of halogens is 3. The van der Waals surface area contributed by atoms with Gasteiger partial charge in [-0.3, -0.25) is 0 Å². The summed E-state index contributed by atoms with van der Waals surface area (Å²) in [6.45, 7) is 2.30. The number of unbranched alkanes of at least 4 members (excludes halogenated alkanes) is 2. The van der Waals surface area contributed by atoms with Gasteiger partial charge in [-0.2, -0.15) is 32.4 Å². The van der Waals surface area contributed by atoms with Gasteiger partial charge in [-0.05, 0) is 31.1 Å². The zero-order chi connectivity index (χ0) is 23.6. The number of urea groups is 1. The smallest absolute Gasteiger partial charge is 0.335 e. The largest absolute Gasteiger partial charge is 0.501 e. The van der Waals surface area contributed by atoms with Crippen molar-refractivity contribution in [3.05, 3.63) is 60.0 Å².